The van der Waals surface area contributed by atoms with Crippen molar-refractivity contribution in [2.75, 3.05) is 10.6 Å². The number of carbonyl (C=O) groups excluding carboxylic acids is 2. The van der Waals surface area contributed by atoms with Gasteiger partial charge in [0.2, 0.25) is 0 Å². The van der Waals surface area contributed by atoms with Crippen molar-refractivity contribution in [3.05, 3.63) is 81.1 Å². The van der Waals surface area contributed by atoms with Gasteiger partial charge in [-0.3, -0.25) is 19.0 Å². The van der Waals surface area contributed by atoms with Crippen LogP contribution in [0, 0.1) is 0 Å². The average molecular weight is 494 g/mol. The summed E-state index contributed by atoms with van der Waals surface area (Å²) in [6.07, 6.45) is 0.731. The van der Waals surface area contributed by atoms with Crippen molar-refractivity contribution in [3.63, 3.8) is 0 Å². The van der Waals surface area contributed by atoms with Gasteiger partial charge in [-0.05, 0) is 35.9 Å². The normalized spacial score (nSPS) is 10.8. The number of nitrogens with two attached hydrogens (primary N) is 1. The molecule has 0 aliphatic carbocycles. The van der Waals surface area contributed by atoms with Crippen LogP contribution in [0.25, 0.3) is 11.8 Å². The van der Waals surface area contributed by atoms with E-state index in [-0.39, 0.29) is 17.1 Å². The molecule has 0 radical (unpaired) electrons. The van der Waals surface area contributed by atoms with Gasteiger partial charge in [-0.1, -0.05) is 18.2 Å². The first kappa shape index (κ1) is 25.5. The van der Waals surface area contributed by atoms with Crippen LogP contribution in [0.3, 0.4) is 0 Å². The van der Waals surface area contributed by atoms with E-state index in [1.54, 1.807) is 30.3 Å². The molecule has 0 saturated heterocycles. The minimum Gasteiger partial charge on any atom is -0.464 e. The van der Waals surface area contributed by atoms with Gasteiger partial charge in [0.15, 0.2) is 5.69 Å². The molecule has 12 nitrogen and oxygen atoms in total. The van der Waals surface area contributed by atoms with E-state index in [9.17, 15) is 29.1 Å². The molecule has 0 atom stereocenters. The van der Waals surface area contributed by atoms with Crippen molar-refractivity contribution in [2.24, 2.45) is 7.05 Å². The van der Waals surface area contributed by atoms with Gasteiger partial charge in [0.25, 0.3) is 5.56 Å². The van der Waals surface area contributed by atoms with Crippen LogP contribution in [-0.2, 0) is 16.6 Å². The Morgan fingerprint density at radius 2 is 1.53 bits per heavy atom. The largest absolute Gasteiger partial charge is 0.464 e. The Morgan fingerprint density at radius 1 is 0.972 bits per heavy atom. The third-order valence-corrected chi connectivity index (χ3v) is 4.77. The standard InChI is InChI=1S/C24H22N4O8/c1-14(29)35-18-11-16(12-19(13-18)36-15(2)30)9-10-27(24(33)34)20-21(25)28(17-7-5-4-6-8-17)23(32)26(3)22(20)31/h4-13H,25H2,1-3H3,(H,33,34). The summed E-state index contributed by atoms with van der Waals surface area (Å²) in [6, 6.07) is 12.2. The summed E-state index contributed by atoms with van der Waals surface area (Å²) in [5, 5.41) is 9.87. The summed E-state index contributed by atoms with van der Waals surface area (Å²) >= 11 is 0. The second-order valence-electron chi connectivity index (χ2n) is 7.44. The number of anilines is 2. The molecule has 0 saturated carbocycles. The van der Waals surface area contributed by atoms with Crippen LogP contribution in [0.2, 0.25) is 0 Å². The van der Waals surface area contributed by atoms with Gasteiger partial charge in [0.05, 0.1) is 5.69 Å². The van der Waals surface area contributed by atoms with E-state index in [4.69, 9.17) is 15.2 Å². The lowest BCUT2D eigenvalue weighted by atomic mass is 10.2. The smallest absolute Gasteiger partial charge is 0.416 e. The van der Waals surface area contributed by atoms with Crippen LogP contribution < -0.4 is 31.4 Å². The molecule has 1 heterocycles. The van der Waals surface area contributed by atoms with Crippen molar-refractivity contribution >= 4 is 35.6 Å². The predicted molar refractivity (Wildman–Crippen MR) is 130 cm³/mol. The number of hydrogen-bond donors (Lipinski definition) is 2. The molecule has 0 aliphatic rings. The minimum absolute atomic E-state index is 0.0378. The fourth-order valence-electron chi connectivity index (χ4n) is 3.30. The van der Waals surface area contributed by atoms with Gasteiger partial charge in [0, 0.05) is 33.2 Å². The van der Waals surface area contributed by atoms with Crippen molar-refractivity contribution in [1.29, 1.82) is 0 Å². The monoisotopic (exact) mass is 494 g/mol. The average Bonchev–Trinajstić information content (AvgIpc) is 2.79. The van der Waals surface area contributed by atoms with Crippen molar-refractivity contribution in [2.45, 2.75) is 13.8 Å². The zero-order chi connectivity index (χ0) is 26.6. The first-order valence-electron chi connectivity index (χ1n) is 10.4. The molecule has 2 aromatic carbocycles. The highest BCUT2D eigenvalue weighted by Gasteiger charge is 2.24. The number of carbonyl (C=O) groups is 3. The maximum absolute atomic E-state index is 12.9. The highest BCUT2D eigenvalue weighted by molar-refractivity contribution is 5.92. The summed E-state index contributed by atoms with van der Waals surface area (Å²) in [7, 11) is 1.20. The summed E-state index contributed by atoms with van der Waals surface area (Å²) in [4.78, 5) is 61.1. The van der Waals surface area contributed by atoms with E-state index in [1.807, 2.05) is 0 Å². The first-order chi connectivity index (χ1) is 17.0. The van der Waals surface area contributed by atoms with Gasteiger partial charge in [-0.25, -0.2) is 19.1 Å². The number of carboxylic acid groups (broad SMARTS) is 1. The quantitative estimate of drug-likeness (QED) is 0.386. The summed E-state index contributed by atoms with van der Waals surface area (Å²) in [5.41, 5.74) is 4.55. The Balaban J connectivity index is 2.16. The molecule has 1 amide bonds. The number of esters is 2. The fourth-order valence-corrected chi connectivity index (χ4v) is 3.30. The van der Waals surface area contributed by atoms with E-state index in [1.165, 1.54) is 45.2 Å². The molecule has 0 spiro atoms. The number of rotatable bonds is 6. The fraction of sp³-hybridized carbons (Fsp3) is 0.125. The van der Waals surface area contributed by atoms with E-state index in [0.29, 0.717) is 10.6 Å². The third-order valence-electron chi connectivity index (χ3n) is 4.77. The molecular formula is C24H22N4O8. The molecule has 12 heteroatoms. The van der Waals surface area contributed by atoms with Crippen LogP contribution >= 0.6 is 0 Å². The molecule has 0 bridgehead atoms. The highest BCUT2D eigenvalue weighted by atomic mass is 16.5. The Hall–Kier alpha value is -5.13. The Morgan fingerprint density at radius 3 is 2.03 bits per heavy atom. The maximum atomic E-state index is 12.9. The van der Waals surface area contributed by atoms with E-state index >= 15 is 0 Å². The molecule has 0 unspecified atom stereocenters. The topological polar surface area (TPSA) is 163 Å². The zero-order valence-electron chi connectivity index (χ0n) is 19.5. The number of hydrogen-bond acceptors (Lipinski definition) is 8. The highest BCUT2D eigenvalue weighted by Crippen LogP contribution is 2.26. The molecule has 3 N–H and O–H groups in total. The second kappa shape index (κ2) is 10.4. The number of nitrogens with zero attached hydrogens (tertiary/aromatic N) is 3. The molecule has 36 heavy (non-hydrogen) atoms. The van der Waals surface area contributed by atoms with Gasteiger partial charge in [0.1, 0.15) is 17.3 Å². The maximum Gasteiger partial charge on any atom is 0.416 e. The van der Waals surface area contributed by atoms with Crippen LogP contribution in [0.5, 0.6) is 11.5 Å². The number of amides is 1. The Labute approximate surface area is 204 Å². The van der Waals surface area contributed by atoms with E-state index in [0.717, 1.165) is 15.3 Å². The van der Waals surface area contributed by atoms with Gasteiger partial charge < -0.3 is 20.3 Å². The SMILES string of the molecule is CC(=O)Oc1cc(C=CN(C(=O)O)c2c(N)n(-c3ccccc3)c(=O)n(C)c2=O)cc(OC(C)=O)c1. The van der Waals surface area contributed by atoms with Crippen molar-refractivity contribution in [3.8, 4) is 17.2 Å². The number of aromatic nitrogens is 2. The molecule has 0 aliphatic heterocycles. The molecule has 1 aromatic heterocycles. The molecule has 0 fully saturated rings. The number of benzene rings is 2. The first-order valence-corrected chi connectivity index (χ1v) is 10.4. The summed E-state index contributed by atoms with van der Waals surface area (Å²) in [6.45, 7) is 2.36. The van der Waals surface area contributed by atoms with Crippen molar-refractivity contribution in [1.82, 2.24) is 9.13 Å². The van der Waals surface area contributed by atoms with E-state index in [2.05, 4.69) is 0 Å². The summed E-state index contributed by atoms with van der Waals surface area (Å²) < 4.78 is 11.8. The second-order valence-corrected chi connectivity index (χ2v) is 7.44. The van der Waals surface area contributed by atoms with Gasteiger partial charge >= 0.3 is 23.7 Å². The minimum atomic E-state index is -1.57. The lowest BCUT2D eigenvalue weighted by Gasteiger charge is -2.20. The van der Waals surface area contributed by atoms with Crippen LogP contribution in [0.1, 0.15) is 19.4 Å². The van der Waals surface area contributed by atoms with E-state index < -0.39 is 40.8 Å². The van der Waals surface area contributed by atoms with Crippen LogP contribution in [0.15, 0.2) is 64.3 Å². The van der Waals surface area contributed by atoms with Crippen molar-refractivity contribution < 1.29 is 29.0 Å². The lowest BCUT2D eigenvalue weighted by molar-refractivity contribution is -0.132. The number of ether oxygens (including phenoxy) is 2. The Kier molecular flexibility index (Phi) is 7.38. The van der Waals surface area contributed by atoms with Gasteiger partial charge in [-0.2, -0.15) is 0 Å². The zero-order valence-corrected chi connectivity index (χ0v) is 19.5. The number of para-hydroxylation sites is 1. The summed E-state index contributed by atoms with van der Waals surface area (Å²) in [5.74, 6) is -1.57. The molecule has 3 aromatic rings. The third kappa shape index (κ3) is 5.50. The van der Waals surface area contributed by atoms with Crippen LogP contribution in [0.4, 0.5) is 16.3 Å². The molecular weight excluding hydrogens is 472 g/mol. The van der Waals surface area contributed by atoms with Crippen LogP contribution in [-0.4, -0.2) is 32.3 Å². The van der Waals surface area contributed by atoms with Gasteiger partial charge in [-0.15, -0.1) is 0 Å². The predicted octanol–water partition coefficient (Wildman–Crippen LogP) is 2.12. The molecule has 3 rings (SSSR count). The number of nitrogen functional groups attached to an aromatic ring is 1. The lowest BCUT2D eigenvalue weighted by Crippen LogP contribution is -2.43. The Bertz CT molecular complexity index is 1450. The molecule has 186 valence electrons.